The van der Waals surface area contributed by atoms with Gasteiger partial charge >= 0.3 is 0 Å². The average Bonchev–Trinajstić information content (AvgIpc) is 2.76. The molecule has 2 N–H and O–H groups in total. The number of nitrogens with one attached hydrogen (secondary N) is 2. The Morgan fingerprint density at radius 2 is 2.00 bits per heavy atom. The van der Waals surface area contributed by atoms with E-state index < -0.39 is 0 Å². The van der Waals surface area contributed by atoms with Gasteiger partial charge in [0.25, 0.3) is 0 Å². The highest BCUT2D eigenvalue weighted by molar-refractivity contribution is 7.16. The predicted molar refractivity (Wildman–Crippen MR) is 77.7 cm³/mol. The smallest absolute Gasteiger partial charge is 0.146 e. The summed E-state index contributed by atoms with van der Waals surface area (Å²) in [5, 5.41) is 6.38. The standard InChI is InChI=1S/C12H15ClN4S/c1-2-15-11-7-14-8-12(17-11)16-6-5-9-3-4-10(13)18-9/h3-4,7-8H,2,5-6H2,1H3,(H2,15,16,17). The van der Waals surface area contributed by atoms with Crippen LogP contribution >= 0.6 is 22.9 Å². The summed E-state index contributed by atoms with van der Waals surface area (Å²) < 4.78 is 0.832. The van der Waals surface area contributed by atoms with Crippen LogP contribution in [0.4, 0.5) is 11.6 Å². The van der Waals surface area contributed by atoms with Crippen molar-refractivity contribution in [3.8, 4) is 0 Å². The number of thiophene rings is 1. The molecule has 4 nitrogen and oxygen atoms in total. The molecule has 0 unspecified atom stereocenters. The topological polar surface area (TPSA) is 49.8 Å². The fourth-order valence-corrected chi connectivity index (χ4v) is 2.60. The van der Waals surface area contributed by atoms with Crippen molar-refractivity contribution >= 4 is 34.6 Å². The number of hydrogen-bond donors (Lipinski definition) is 2. The Labute approximate surface area is 115 Å². The number of hydrogen-bond acceptors (Lipinski definition) is 5. The molecule has 0 aromatic carbocycles. The van der Waals surface area contributed by atoms with Gasteiger partial charge in [0, 0.05) is 18.0 Å². The van der Waals surface area contributed by atoms with Crippen LogP contribution in [0.5, 0.6) is 0 Å². The van der Waals surface area contributed by atoms with E-state index in [9.17, 15) is 0 Å². The van der Waals surface area contributed by atoms with Gasteiger partial charge in [-0.1, -0.05) is 11.6 Å². The predicted octanol–water partition coefficient (Wildman–Crippen LogP) is 3.28. The normalized spacial score (nSPS) is 10.3. The monoisotopic (exact) mass is 282 g/mol. The van der Waals surface area contributed by atoms with Gasteiger partial charge in [-0.05, 0) is 25.5 Å². The molecule has 0 spiro atoms. The third-order valence-corrected chi connectivity index (χ3v) is 3.59. The molecule has 2 aromatic heterocycles. The summed E-state index contributed by atoms with van der Waals surface area (Å²) in [6.45, 7) is 3.69. The maximum absolute atomic E-state index is 5.88. The first-order chi connectivity index (χ1) is 8.78. The Balaban J connectivity index is 1.84. The molecule has 0 saturated heterocycles. The van der Waals surface area contributed by atoms with Gasteiger partial charge in [0.1, 0.15) is 11.6 Å². The first-order valence-corrected chi connectivity index (χ1v) is 7.01. The molecule has 0 bridgehead atoms. The highest BCUT2D eigenvalue weighted by Gasteiger charge is 2.00. The van der Waals surface area contributed by atoms with Crippen LogP contribution in [-0.4, -0.2) is 23.1 Å². The third-order valence-electron chi connectivity index (χ3n) is 2.30. The SMILES string of the molecule is CCNc1cncc(NCCc2ccc(Cl)s2)n1. The molecular weight excluding hydrogens is 268 g/mol. The molecule has 2 heterocycles. The molecule has 0 aliphatic carbocycles. The van der Waals surface area contributed by atoms with E-state index in [4.69, 9.17) is 11.6 Å². The van der Waals surface area contributed by atoms with Crippen molar-refractivity contribution in [1.82, 2.24) is 9.97 Å². The van der Waals surface area contributed by atoms with Crippen molar-refractivity contribution in [1.29, 1.82) is 0 Å². The van der Waals surface area contributed by atoms with Crippen molar-refractivity contribution in [2.24, 2.45) is 0 Å². The summed E-state index contributed by atoms with van der Waals surface area (Å²) in [7, 11) is 0. The molecule has 2 rings (SSSR count). The van der Waals surface area contributed by atoms with Crippen LogP contribution in [0.25, 0.3) is 0 Å². The van der Waals surface area contributed by atoms with Crippen LogP contribution in [0.1, 0.15) is 11.8 Å². The Morgan fingerprint density at radius 3 is 2.67 bits per heavy atom. The first-order valence-electron chi connectivity index (χ1n) is 5.82. The lowest BCUT2D eigenvalue weighted by Crippen LogP contribution is -2.07. The molecule has 0 fully saturated rings. The fourth-order valence-electron chi connectivity index (χ4n) is 1.52. The van der Waals surface area contributed by atoms with Crippen LogP contribution in [0, 0.1) is 0 Å². The quantitative estimate of drug-likeness (QED) is 0.854. The van der Waals surface area contributed by atoms with Crippen molar-refractivity contribution in [3.63, 3.8) is 0 Å². The zero-order valence-corrected chi connectivity index (χ0v) is 11.7. The Bertz CT molecular complexity index is 500. The summed E-state index contributed by atoms with van der Waals surface area (Å²) in [5.41, 5.74) is 0. The van der Waals surface area contributed by atoms with Crippen LogP contribution in [0.3, 0.4) is 0 Å². The molecular formula is C12H15ClN4S. The molecule has 6 heteroatoms. The van der Waals surface area contributed by atoms with Gasteiger partial charge in [-0.15, -0.1) is 11.3 Å². The van der Waals surface area contributed by atoms with Crippen LogP contribution in [-0.2, 0) is 6.42 Å². The van der Waals surface area contributed by atoms with E-state index >= 15 is 0 Å². The minimum absolute atomic E-state index is 0.788. The van der Waals surface area contributed by atoms with E-state index in [0.29, 0.717) is 0 Å². The fraction of sp³-hybridized carbons (Fsp3) is 0.333. The van der Waals surface area contributed by atoms with Gasteiger partial charge < -0.3 is 10.6 Å². The van der Waals surface area contributed by atoms with E-state index in [0.717, 1.165) is 35.5 Å². The van der Waals surface area contributed by atoms with Gasteiger partial charge in [-0.25, -0.2) is 4.98 Å². The summed E-state index contributed by atoms with van der Waals surface area (Å²) in [6, 6.07) is 3.97. The molecule has 0 radical (unpaired) electrons. The molecule has 18 heavy (non-hydrogen) atoms. The molecule has 0 atom stereocenters. The van der Waals surface area contributed by atoms with Gasteiger partial charge in [-0.2, -0.15) is 0 Å². The van der Waals surface area contributed by atoms with Crippen LogP contribution in [0.15, 0.2) is 24.5 Å². The Hall–Kier alpha value is -1.33. The van der Waals surface area contributed by atoms with Gasteiger partial charge in [0.15, 0.2) is 0 Å². The Morgan fingerprint density at radius 1 is 1.22 bits per heavy atom. The summed E-state index contributed by atoms with van der Waals surface area (Å²) in [6.07, 6.45) is 4.38. The number of anilines is 2. The number of nitrogens with zero attached hydrogens (tertiary/aromatic N) is 2. The highest BCUT2D eigenvalue weighted by atomic mass is 35.5. The summed E-state index contributed by atoms with van der Waals surface area (Å²) in [4.78, 5) is 9.79. The van der Waals surface area contributed by atoms with E-state index in [1.807, 2.05) is 13.0 Å². The second-order valence-corrected chi connectivity index (χ2v) is 5.50. The molecule has 0 saturated carbocycles. The van der Waals surface area contributed by atoms with E-state index in [1.54, 1.807) is 23.7 Å². The number of halogens is 1. The van der Waals surface area contributed by atoms with Crippen molar-refractivity contribution in [2.75, 3.05) is 23.7 Å². The number of aromatic nitrogens is 2. The van der Waals surface area contributed by atoms with Crippen molar-refractivity contribution < 1.29 is 0 Å². The van der Waals surface area contributed by atoms with Crippen LogP contribution in [0.2, 0.25) is 4.34 Å². The van der Waals surface area contributed by atoms with E-state index in [-0.39, 0.29) is 0 Å². The zero-order chi connectivity index (χ0) is 12.8. The lowest BCUT2D eigenvalue weighted by atomic mass is 10.3. The second-order valence-electron chi connectivity index (χ2n) is 3.70. The van der Waals surface area contributed by atoms with Gasteiger partial charge in [-0.3, -0.25) is 4.98 Å². The average molecular weight is 283 g/mol. The minimum Gasteiger partial charge on any atom is -0.369 e. The van der Waals surface area contributed by atoms with E-state index in [1.165, 1.54) is 4.88 Å². The zero-order valence-electron chi connectivity index (χ0n) is 10.1. The maximum Gasteiger partial charge on any atom is 0.146 e. The lowest BCUT2D eigenvalue weighted by molar-refractivity contribution is 1.02. The largest absolute Gasteiger partial charge is 0.369 e. The molecule has 2 aromatic rings. The minimum atomic E-state index is 0.788. The summed E-state index contributed by atoms with van der Waals surface area (Å²) >= 11 is 7.49. The highest BCUT2D eigenvalue weighted by Crippen LogP contribution is 2.21. The lowest BCUT2D eigenvalue weighted by Gasteiger charge is -2.06. The van der Waals surface area contributed by atoms with Gasteiger partial charge in [0.05, 0.1) is 16.7 Å². The molecule has 96 valence electrons. The van der Waals surface area contributed by atoms with Crippen LogP contribution < -0.4 is 10.6 Å². The summed E-state index contributed by atoms with van der Waals surface area (Å²) in [5.74, 6) is 1.58. The molecule has 0 aliphatic rings. The third kappa shape index (κ3) is 3.85. The van der Waals surface area contributed by atoms with Crippen molar-refractivity contribution in [2.45, 2.75) is 13.3 Å². The molecule has 0 aliphatic heterocycles. The van der Waals surface area contributed by atoms with Gasteiger partial charge in [0.2, 0.25) is 0 Å². The molecule has 0 amide bonds. The Kier molecular flexibility index (Phi) is 4.78. The first kappa shape index (κ1) is 13.1. The second kappa shape index (κ2) is 6.56. The van der Waals surface area contributed by atoms with E-state index in [2.05, 4.69) is 26.7 Å². The van der Waals surface area contributed by atoms with Crippen molar-refractivity contribution in [3.05, 3.63) is 33.7 Å². The number of rotatable bonds is 6. The maximum atomic E-state index is 5.88.